The summed E-state index contributed by atoms with van der Waals surface area (Å²) in [6, 6.07) is 0. The highest BCUT2D eigenvalue weighted by Crippen LogP contribution is 2.27. The van der Waals surface area contributed by atoms with Crippen molar-refractivity contribution < 1.29 is 9.84 Å². The average Bonchev–Trinajstić information content (AvgIpc) is 2.79. The lowest BCUT2D eigenvalue weighted by Crippen LogP contribution is -2.04. The molecular formula is C9H14N2O2S. The summed E-state index contributed by atoms with van der Waals surface area (Å²) in [4.78, 5) is 4.26. The fourth-order valence-electron chi connectivity index (χ4n) is 1.44. The van der Waals surface area contributed by atoms with Gasteiger partial charge in [0.05, 0.1) is 25.1 Å². The molecule has 0 spiro atoms. The van der Waals surface area contributed by atoms with Crippen molar-refractivity contribution in [1.29, 1.82) is 0 Å². The predicted molar refractivity (Wildman–Crippen MR) is 54.2 cm³/mol. The van der Waals surface area contributed by atoms with Crippen LogP contribution in [0.25, 0.3) is 0 Å². The Morgan fingerprint density at radius 1 is 1.79 bits per heavy atom. The Balaban J connectivity index is 2.04. The molecule has 1 fully saturated rings. The van der Waals surface area contributed by atoms with Gasteiger partial charge in [-0.1, -0.05) is 11.8 Å². The minimum atomic E-state index is 0.0469. The van der Waals surface area contributed by atoms with Gasteiger partial charge in [0, 0.05) is 18.9 Å². The zero-order valence-corrected chi connectivity index (χ0v) is 8.96. The lowest BCUT2D eigenvalue weighted by molar-refractivity contribution is 0.199. The maximum Gasteiger partial charge on any atom is 0.168 e. The van der Waals surface area contributed by atoms with Crippen LogP contribution in [0, 0.1) is 0 Å². The van der Waals surface area contributed by atoms with E-state index < -0.39 is 0 Å². The van der Waals surface area contributed by atoms with Crippen molar-refractivity contribution in [2.75, 3.05) is 13.2 Å². The molecule has 0 aromatic carbocycles. The average molecular weight is 214 g/mol. The summed E-state index contributed by atoms with van der Waals surface area (Å²) in [6.45, 7) is 1.71. The Kier molecular flexibility index (Phi) is 3.10. The zero-order valence-electron chi connectivity index (χ0n) is 8.14. The molecule has 1 aliphatic rings. The molecule has 14 heavy (non-hydrogen) atoms. The van der Waals surface area contributed by atoms with Gasteiger partial charge < -0.3 is 14.4 Å². The maximum atomic E-state index is 9.00. The number of aromatic nitrogens is 2. The van der Waals surface area contributed by atoms with Gasteiger partial charge in [0.1, 0.15) is 0 Å². The van der Waals surface area contributed by atoms with Crippen LogP contribution < -0.4 is 0 Å². The second-order valence-electron chi connectivity index (χ2n) is 3.35. The maximum absolute atomic E-state index is 9.00. The summed E-state index contributed by atoms with van der Waals surface area (Å²) >= 11 is 1.73. The summed E-state index contributed by atoms with van der Waals surface area (Å²) in [5.41, 5.74) is 0.853. The molecule has 1 atom stereocenters. The molecule has 0 aliphatic carbocycles. The number of rotatable bonds is 3. The van der Waals surface area contributed by atoms with E-state index in [9.17, 15) is 0 Å². The van der Waals surface area contributed by atoms with Crippen molar-refractivity contribution in [1.82, 2.24) is 9.55 Å². The van der Waals surface area contributed by atoms with Gasteiger partial charge in [-0.25, -0.2) is 4.98 Å². The lowest BCUT2D eigenvalue weighted by Gasteiger charge is -2.07. The van der Waals surface area contributed by atoms with Gasteiger partial charge in [0.15, 0.2) is 5.16 Å². The van der Waals surface area contributed by atoms with E-state index in [1.807, 2.05) is 11.6 Å². The fourth-order valence-corrected chi connectivity index (χ4v) is 2.50. The largest absolute Gasteiger partial charge is 0.390 e. The lowest BCUT2D eigenvalue weighted by atomic mass is 10.4. The molecule has 4 nitrogen and oxygen atoms in total. The van der Waals surface area contributed by atoms with Crippen molar-refractivity contribution in [3.05, 3.63) is 11.9 Å². The molecule has 0 saturated carbocycles. The first-order valence-electron chi connectivity index (χ1n) is 4.67. The third-order valence-corrected chi connectivity index (χ3v) is 3.66. The van der Waals surface area contributed by atoms with Gasteiger partial charge in [-0.3, -0.25) is 0 Å². The van der Waals surface area contributed by atoms with Gasteiger partial charge in [-0.05, 0) is 6.42 Å². The summed E-state index contributed by atoms with van der Waals surface area (Å²) in [5.74, 6) is 0. The van der Waals surface area contributed by atoms with E-state index in [1.165, 1.54) is 0 Å². The molecule has 1 aromatic heterocycles. The van der Waals surface area contributed by atoms with E-state index in [0.29, 0.717) is 5.25 Å². The van der Waals surface area contributed by atoms with E-state index in [-0.39, 0.29) is 6.61 Å². The van der Waals surface area contributed by atoms with E-state index in [1.54, 1.807) is 18.0 Å². The molecule has 1 N–H and O–H groups in total. The van der Waals surface area contributed by atoms with E-state index >= 15 is 0 Å². The number of hydrogen-bond donors (Lipinski definition) is 1. The van der Waals surface area contributed by atoms with Gasteiger partial charge in [-0.2, -0.15) is 0 Å². The van der Waals surface area contributed by atoms with Crippen LogP contribution in [0.4, 0.5) is 0 Å². The van der Waals surface area contributed by atoms with Crippen LogP contribution in [-0.2, 0) is 18.4 Å². The van der Waals surface area contributed by atoms with E-state index in [2.05, 4.69) is 4.98 Å². The summed E-state index contributed by atoms with van der Waals surface area (Å²) in [7, 11) is 1.93. The molecule has 1 aliphatic heterocycles. The van der Waals surface area contributed by atoms with Crippen molar-refractivity contribution in [3.8, 4) is 0 Å². The number of hydrogen-bond acceptors (Lipinski definition) is 4. The molecule has 5 heteroatoms. The van der Waals surface area contributed by atoms with Crippen molar-refractivity contribution in [2.24, 2.45) is 7.05 Å². The fraction of sp³-hybridized carbons (Fsp3) is 0.667. The van der Waals surface area contributed by atoms with Crippen LogP contribution in [0.2, 0.25) is 0 Å². The predicted octanol–water partition coefficient (Wildman–Crippen LogP) is 0.793. The van der Waals surface area contributed by atoms with Crippen molar-refractivity contribution >= 4 is 11.8 Å². The van der Waals surface area contributed by atoms with Crippen LogP contribution in [0.15, 0.2) is 11.4 Å². The monoisotopic (exact) mass is 214 g/mol. The van der Waals surface area contributed by atoms with Crippen LogP contribution >= 0.6 is 11.8 Å². The van der Waals surface area contributed by atoms with Crippen molar-refractivity contribution in [2.45, 2.75) is 23.4 Å². The molecular weight excluding hydrogens is 200 g/mol. The van der Waals surface area contributed by atoms with E-state index in [4.69, 9.17) is 9.84 Å². The van der Waals surface area contributed by atoms with Crippen LogP contribution in [0.1, 0.15) is 12.1 Å². The minimum absolute atomic E-state index is 0.0469. The number of nitrogens with zero attached hydrogens (tertiary/aromatic N) is 2. The Bertz CT molecular complexity index is 308. The Morgan fingerprint density at radius 2 is 2.64 bits per heavy atom. The first kappa shape index (κ1) is 10.0. The molecule has 1 unspecified atom stereocenters. The second-order valence-corrected chi connectivity index (χ2v) is 4.62. The third kappa shape index (κ3) is 1.94. The summed E-state index contributed by atoms with van der Waals surface area (Å²) in [6.07, 6.45) is 2.81. The SMILES string of the molecule is Cn1c(CO)cnc1SC1CCOC1. The van der Waals surface area contributed by atoms with E-state index in [0.717, 1.165) is 30.5 Å². The summed E-state index contributed by atoms with van der Waals surface area (Å²) < 4.78 is 7.23. The molecule has 1 aromatic rings. The quantitative estimate of drug-likeness (QED) is 0.808. The first-order chi connectivity index (χ1) is 6.81. The highest BCUT2D eigenvalue weighted by molar-refractivity contribution is 7.99. The Morgan fingerprint density at radius 3 is 3.21 bits per heavy atom. The highest BCUT2D eigenvalue weighted by atomic mass is 32.2. The number of aliphatic hydroxyl groups is 1. The highest BCUT2D eigenvalue weighted by Gasteiger charge is 2.19. The van der Waals surface area contributed by atoms with Crippen molar-refractivity contribution in [3.63, 3.8) is 0 Å². The second kappa shape index (κ2) is 4.33. The normalized spacial score (nSPS) is 21.7. The number of aliphatic hydroxyl groups excluding tert-OH is 1. The molecule has 1 saturated heterocycles. The number of imidazole rings is 1. The van der Waals surface area contributed by atoms with Crippen LogP contribution in [0.3, 0.4) is 0 Å². The van der Waals surface area contributed by atoms with Gasteiger partial charge in [0.2, 0.25) is 0 Å². The number of thioether (sulfide) groups is 1. The smallest absolute Gasteiger partial charge is 0.168 e. The molecule has 2 heterocycles. The third-order valence-electron chi connectivity index (χ3n) is 2.36. The van der Waals surface area contributed by atoms with Crippen LogP contribution in [-0.4, -0.2) is 33.1 Å². The molecule has 2 rings (SSSR count). The molecule has 0 bridgehead atoms. The van der Waals surface area contributed by atoms with Gasteiger partial charge >= 0.3 is 0 Å². The molecule has 0 amide bonds. The molecule has 78 valence electrons. The Hall–Kier alpha value is -0.520. The standard InChI is InChI=1S/C9H14N2O2S/c1-11-7(5-12)4-10-9(11)14-8-2-3-13-6-8/h4,8,12H,2-3,5-6H2,1H3. The Labute approximate surface area is 87.3 Å². The van der Waals surface area contributed by atoms with Gasteiger partial charge in [0.25, 0.3) is 0 Å². The topological polar surface area (TPSA) is 47.3 Å². The minimum Gasteiger partial charge on any atom is -0.390 e. The number of ether oxygens (including phenoxy) is 1. The first-order valence-corrected chi connectivity index (χ1v) is 5.55. The molecule has 0 radical (unpaired) electrons. The van der Waals surface area contributed by atoms with Crippen LogP contribution in [0.5, 0.6) is 0 Å². The van der Waals surface area contributed by atoms with Gasteiger partial charge in [-0.15, -0.1) is 0 Å². The zero-order chi connectivity index (χ0) is 9.97. The summed E-state index contributed by atoms with van der Waals surface area (Å²) in [5, 5.41) is 10.5.